The molecule has 0 saturated heterocycles. The Hall–Kier alpha value is -1.24. The van der Waals surface area contributed by atoms with Crippen molar-refractivity contribution in [3.8, 4) is 5.75 Å². The summed E-state index contributed by atoms with van der Waals surface area (Å²) in [4.78, 5) is 0. The van der Waals surface area contributed by atoms with Gasteiger partial charge in [-0.2, -0.15) is 0 Å². The first-order chi connectivity index (χ1) is 7.60. The Kier molecular flexibility index (Phi) is 4.60. The number of ether oxygens (including phenoxy) is 1. The molecule has 0 aliphatic heterocycles. The average Bonchev–Trinajstić information content (AvgIpc) is 2.28. The molecule has 1 unspecified atom stereocenters. The minimum Gasteiger partial charge on any atom is -0.494 e. The molecule has 1 nitrogen and oxygen atoms in total. The minimum atomic E-state index is 0.123. The molecular weight excluding hydrogens is 196 g/mol. The molecule has 1 aromatic rings. The van der Waals surface area contributed by atoms with Crippen LogP contribution in [0.3, 0.4) is 0 Å². The van der Waals surface area contributed by atoms with Crippen LogP contribution >= 0.6 is 0 Å². The summed E-state index contributed by atoms with van der Waals surface area (Å²) in [6, 6.07) is 6.24. The zero-order valence-corrected chi connectivity index (χ0v) is 10.5. The Balaban J connectivity index is 3.15. The summed E-state index contributed by atoms with van der Waals surface area (Å²) in [6.07, 6.45) is 1.87. The van der Waals surface area contributed by atoms with Gasteiger partial charge in [0.15, 0.2) is 0 Å². The SMILES string of the molecule is [CH2]C(C=C)c1cc(OCC)ccc1C(C)C. The zero-order chi connectivity index (χ0) is 12.1. The summed E-state index contributed by atoms with van der Waals surface area (Å²) < 4.78 is 5.51. The molecule has 0 aromatic heterocycles. The van der Waals surface area contributed by atoms with Crippen LogP contribution in [0.4, 0.5) is 0 Å². The van der Waals surface area contributed by atoms with Gasteiger partial charge in [-0.1, -0.05) is 26.0 Å². The lowest BCUT2D eigenvalue weighted by atomic mass is 9.89. The number of hydrogen-bond donors (Lipinski definition) is 0. The second-order valence-electron chi connectivity index (χ2n) is 4.22. The Morgan fingerprint density at radius 2 is 2.00 bits per heavy atom. The van der Waals surface area contributed by atoms with Crippen LogP contribution in [0.25, 0.3) is 0 Å². The fraction of sp³-hybridized carbons (Fsp3) is 0.400. The summed E-state index contributed by atoms with van der Waals surface area (Å²) in [6.45, 7) is 15.0. The molecule has 0 N–H and O–H groups in total. The molecule has 87 valence electrons. The van der Waals surface area contributed by atoms with E-state index in [1.165, 1.54) is 11.1 Å². The molecule has 1 radical (unpaired) electrons. The van der Waals surface area contributed by atoms with Crippen molar-refractivity contribution in [1.82, 2.24) is 0 Å². The minimum absolute atomic E-state index is 0.123. The van der Waals surface area contributed by atoms with E-state index in [2.05, 4.69) is 39.5 Å². The van der Waals surface area contributed by atoms with E-state index in [1.54, 1.807) is 0 Å². The number of allylic oxidation sites excluding steroid dienone is 1. The smallest absolute Gasteiger partial charge is 0.119 e. The topological polar surface area (TPSA) is 9.23 Å². The van der Waals surface area contributed by atoms with Crippen LogP contribution in [0.15, 0.2) is 30.9 Å². The third kappa shape index (κ3) is 2.88. The molecule has 0 fully saturated rings. The van der Waals surface area contributed by atoms with Gasteiger partial charge < -0.3 is 4.74 Å². The number of benzene rings is 1. The molecule has 1 heteroatoms. The largest absolute Gasteiger partial charge is 0.494 e. The molecule has 0 bridgehead atoms. The van der Waals surface area contributed by atoms with Crippen molar-refractivity contribution in [2.75, 3.05) is 6.61 Å². The van der Waals surface area contributed by atoms with Crippen LogP contribution in [-0.2, 0) is 0 Å². The molecule has 0 aliphatic rings. The van der Waals surface area contributed by atoms with Gasteiger partial charge in [-0.15, -0.1) is 6.58 Å². The maximum atomic E-state index is 5.51. The van der Waals surface area contributed by atoms with Gasteiger partial charge >= 0.3 is 0 Å². The van der Waals surface area contributed by atoms with Gasteiger partial charge in [0.25, 0.3) is 0 Å². The van der Waals surface area contributed by atoms with E-state index in [9.17, 15) is 0 Å². The second-order valence-corrected chi connectivity index (χ2v) is 4.22. The molecule has 0 aliphatic carbocycles. The predicted molar refractivity (Wildman–Crippen MR) is 70.0 cm³/mol. The van der Waals surface area contributed by atoms with E-state index in [0.717, 1.165) is 5.75 Å². The molecule has 0 heterocycles. The van der Waals surface area contributed by atoms with Crippen molar-refractivity contribution in [1.29, 1.82) is 0 Å². The highest BCUT2D eigenvalue weighted by molar-refractivity contribution is 5.41. The quantitative estimate of drug-likeness (QED) is 0.668. The summed E-state index contributed by atoms with van der Waals surface area (Å²) in [5.41, 5.74) is 2.54. The molecule has 0 amide bonds. The van der Waals surface area contributed by atoms with Crippen LogP contribution < -0.4 is 4.74 Å². The van der Waals surface area contributed by atoms with Gasteiger partial charge in [0.05, 0.1) is 6.61 Å². The van der Waals surface area contributed by atoms with Crippen LogP contribution in [0.2, 0.25) is 0 Å². The molecule has 1 atom stereocenters. The van der Waals surface area contributed by atoms with Crippen molar-refractivity contribution in [2.24, 2.45) is 0 Å². The fourth-order valence-electron chi connectivity index (χ4n) is 1.78. The van der Waals surface area contributed by atoms with Crippen molar-refractivity contribution < 1.29 is 4.74 Å². The van der Waals surface area contributed by atoms with Crippen molar-refractivity contribution in [3.63, 3.8) is 0 Å². The van der Waals surface area contributed by atoms with E-state index in [4.69, 9.17) is 4.74 Å². The van der Waals surface area contributed by atoms with E-state index in [1.807, 2.05) is 19.1 Å². The summed E-state index contributed by atoms with van der Waals surface area (Å²) >= 11 is 0. The van der Waals surface area contributed by atoms with Crippen LogP contribution in [0, 0.1) is 6.92 Å². The van der Waals surface area contributed by atoms with Crippen molar-refractivity contribution in [2.45, 2.75) is 32.6 Å². The van der Waals surface area contributed by atoms with Crippen molar-refractivity contribution >= 4 is 0 Å². The molecule has 1 rings (SSSR count). The van der Waals surface area contributed by atoms with Gasteiger partial charge in [0, 0.05) is 5.92 Å². The van der Waals surface area contributed by atoms with E-state index in [0.29, 0.717) is 12.5 Å². The third-order valence-electron chi connectivity index (χ3n) is 2.68. The fourth-order valence-corrected chi connectivity index (χ4v) is 1.78. The first-order valence-electron chi connectivity index (χ1n) is 5.82. The Morgan fingerprint density at radius 3 is 2.50 bits per heavy atom. The predicted octanol–water partition coefficient (Wildman–Crippen LogP) is 4.31. The lowest BCUT2D eigenvalue weighted by molar-refractivity contribution is 0.339. The lowest BCUT2D eigenvalue weighted by Crippen LogP contribution is -2.01. The van der Waals surface area contributed by atoms with Gasteiger partial charge in [0.1, 0.15) is 5.75 Å². The first kappa shape index (κ1) is 12.8. The highest BCUT2D eigenvalue weighted by atomic mass is 16.5. The normalized spacial score (nSPS) is 12.6. The lowest BCUT2D eigenvalue weighted by Gasteiger charge is -2.17. The van der Waals surface area contributed by atoms with Crippen LogP contribution in [0.5, 0.6) is 5.75 Å². The highest BCUT2D eigenvalue weighted by Gasteiger charge is 2.11. The Bertz CT molecular complexity index is 352. The molecular formula is C15H21O. The standard InChI is InChI=1S/C15H21O/c1-6-12(5)15-10-13(16-7-2)8-9-14(15)11(3)4/h6,8-12H,1,5,7H2,2-4H3. The zero-order valence-electron chi connectivity index (χ0n) is 10.5. The molecule has 16 heavy (non-hydrogen) atoms. The molecule has 1 aromatic carbocycles. The third-order valence-corrected chi connectivity index (χ3v) is 2.68. The summed E-state index contributed by atoms with van der Waals surface area (Å²) in [5.74, 6) is 1.53. The first-order valence-corrected chi connectivity index (χ1v) is 5.82. The summed E-state index contributed by atoms with van der Waals surface area (Å²) in [5, 5.41) is 0. The van der Waals surface area contributed by atoms with Gasteiger partial charge in [-0.05, 0) is 43.0 Å². The van der Waals surface area contributed by atoms with E-state index in [-0.39, 0.29) is 5.92 Å². The Morgan fingerprint density at radius 1 is 1.31 bits per heavy atom. The van der Waals surface area contributed by atoms with Crippen molar-refractivity contribution in [3.05, 3.63) is 48.9 Å². The average molecular weight is 217 g/mol. The molecule has 0 saturated carbocycles. The maximum Gasteiger partial charge on any atom is 0.119 e. The van der Waals surface area contributed by atoms with Gasteiger partial charge in [0.2, 0.25) is 0 Å². The highest BCUT2D eigenvalue weighted by Crippen LogP contribution is 2.30. The monoisotopic (exact) mass is 217 g/mol. The van der Waals surface area contributed by atoms with E-state index >= 15 is 0 Å². The summed E-state index contributed by atoms with van der Waals surface area (Å²) in [7, 11) is 0. The number of hydrogen-bond acceptors (Lipinski definition) is 1. The number of rotatable bonds is 5. The van der Waals surface area contributed by atoms with Gasteiger partial charge in [-0.3, -0.25) is 0 Å². The molecule has 0 spiro atoms. The van der Waals surface area contributed by atoms with Gasteiger partial charge in [-0.25, -0.2) is 0 Å². The van der Waals surface area contributed by atoms with Crippen LogP contribution in [0.1, 0.15) is 43.7 Å². The van der Waals surface area contributed by atoms with E-state index < -0.39 is 0 Å². The van der Waals surface area contributed by atoms with Crippen LogP contribution in [-0.4, -0.2) is 6.61 Å². The Labute approximate surface area is 99.1 Å². The second kappa shape index (κ2) is 5.74. The maximum absolute atomic E-state index is 5.51.